The van der Waals surface area contributed by atoms with Gasteiger partial charge in [-0.25, -0.2) is 8.42 Å². The van der Waals surface area contributed by atoms with Crippen molar-refractivity contribution in [2.24, 2.45) is 5.92 Å². The second-order valence-electron chi connectivity index (χ2n) is 6.52. The van der Waals surface area contributed by atoms with E-state index in [1.165, 1.54) is 0 Å². The summed E-state index contributed by atoms with van der Waals surface area (Å²) in [6, 6.07) is 7.32. The molecule has 1 heterocycles. The molecule has 0 saturated carbocycles. The zero-order valence-electron chi connectivity index (χ0n) is 14.0. The van der Waals surface area contributed by atoms with Crippen molar-refractivity contribution in [3.8, 4) is 5.75 Å². The maximum Gasteiger partial charge on any atom is 0.223 e. The maximum absolute atomic E-state index is 12.6. The molecule has 0 unspecified atom stereocenters. The first-order valence-corrected chi connectivity index (χ1v) is 9.75. The van der Waals surface area contributed by atoms with E-state index in [-0.39, 0.29) is 29.4 Å². The number of carbonyl (C=O) groups excluding carboxylic acids is 1. The average molecular weight is 339 g/mol. The van der Waals surface area contributed by atoms with Gasteiger partial charge in [-0.3, -0.25) is 4.79 Å². The van der Waals surface area contributed by atoms with E-state index in [1.54, 1.807) is 12.0 Å². The predicted molar refractivity (Wildman–Crippen MR) is 90.1 cm³/mol. The van der Waals surface area contributed by atoms with Gasteiger partial charge in [0.05, 0.1) is 18.6 Å². The fourth-order valence-corrected chi connectivity index (χ4v) is 4.57. The number of nitrogens with zero attached hydrogens (tertiary/aromatic N) is 1. The number of rotatable bonds is 6. The number of sulfone groups is 1. The summed E-state index contributed by atoms with van der Waals surface area (Å²) in [6.07, 6.45) is 0.967. The van der Waals surface area contributed by atoms with Crippen LogP contribution in [0.15, 0.2) is 24.3 Å². The first-order valence-electron chi connectivity index (χ1n) is 7.93. The minimum Gasteiger partial charge on any atom is -0.497 e. The Morgan fingerprint density at radius 2 is 1.96 bits per heavy atom. The van der Waals surface area contributed by atoms with Gasteiger partial charge in [0.2, 0.25) is 5.91 Å². The zero-order valence-corrected chi connectivity index (χ0v) is 14.8. The monoisotopic (exact) mass is 339 g/mol. The summed E-state index contributed by atoms with van der Waals surface area (Å²) in [6.45, 7) is 4.43. The van der Waals surface area contributed by atoms with Gasteiger partial charge in [0, 0.05) is 19.0 Å². The third-order valence-electron chi connectivity index (χ3n) is 4.06. The van der Waals surface area contributed by atoms with Crippen LogP contribution in [0.4, 0.5) is 0 Å². The zero-order chi connectivity index (χ0) is 17.0. The van der Waals surface area contributed by atoms with Crippen LogP contribution < -0.4 is 4.74 Å². The topological polar surface area (TPSA) is 63.7 Å². The number of methoxy groups -OCH3 is 1. The lowest BCUT2D eigenvalue weighted by molar-refractivity contribution is -0.134. The van der Waals surface area contributed by atoms with Crippen LogP contribution in [-0.4, -0.2) is 43.9 Å². The summed E-state index contributed by atoms with van der Waals surface area (Å²) in [4.78, 5) is 14.3. The van der Waals surface area contributed by atoms with Crippen molar-refractivity contribution in [2.75, 3.05) is 18.6 Å². The standard InChI is InChI=1S/C17H25NO4S/c1-13(2)10-17(19)18(15-8-9-23(20,21)12-15)11-14-4-6-16(22-3)7-5-14/h4-7,13,15H,8-12H2,1-3H3/t15-/m1/s1. The van der Waals surface area contributed by atoms with Crippen molar-refractivity contribution >= 4 is 15.7 Å². The smallest absolute Gasteiger partial charge is 0.223 e. The number of amides is 1. The summed E-state index contributed by atoms with van der Waals surface area (Å²) in [7, 11) is -1.41. The SMILES string of the molecule is COc1ccc(CN(C(=O)CC(C)C)[C@@H]2CCS(=O)(=O)C2)cc1. The summed E-state index contributed by atoms with van der Waals surface area (Å²) >= 11 is 0. The molecule has 6 heteroatoms. The van der Waals surface area contributed by atoms with Crippen molar-refractivity contribution in [3.63, 3.8) is 0 Å². The van der Waals surface area contributed by atoms with Gasteiger partial charge in [-0.05, 0) is 30.0 Å². The Bertz CT molecular complexity index is 637. The highest BCUT2D eigenvalue weighted by Crippen LogP contribution is 2.23. The van der Waals surface area contributed by atoms with Crippen molar-refractivity contribution < 1.29 is 17.9 Å². The molecule has 0 spiro atoms. The second kappa shape index (κ2) is 7.34. The van der Waals surface area contributed by atoms with E-state index < -0.39 is 9.84 Å². The number of hydrogen-bond acceptors (Lipinski definition) is 4. The minimum atomic E-state index is -3.02. The average Bonchev–Trinajstić information content (AvgIpc) is 2.84. The van der Waals surface area contributed by atoms with Crippen LogP contribution in [0.1, 0.15) is 32.3 Å². The Balaban J connectivity index is 2.17. The summed E-state index contributed by atoms with van der Waals surface area (Å²) in [5.74, 6) is 1.28. The lowest BCUT2D eigenvalue weighted by atomic mass is 10.1. The molecule has 128 valence electrons. The van der Waals surface area contributed by atoms with Gasteiger partial charge in [0.25, 0.3) is 0 Å². The summed E-state index contributed by atoms with van der Waals surface area (Å²) in [5.41, 5.74) is 0.979. The fraction of sp³-hybridized carbons (Fsp3) is 0.588. The quantitative estimate of drug-likeness (QED) is 0.797. The van der Waals surface area contributed by atoms with Crippen LogP contribution in [0.5, 0.6) is 5.75 Å². The number of benzene rings is 1. The first kappa shape index (κ1) is 17.8. The summed E-state index contributed by atoms with van der Waals surface area (Å²) in [5, 5.41) is 0. The van der Waals surface area contributed by atoms with E-state index in [2.05, 4.69) is 0 Å². The lowest BCUT2D eigenvalue weighted by Gasteiger charge is -2.29. The van der Waals surface area contributed by atoms with Gasteiger partial charge in [0.1, 0.15) is 5.75 Å². The normalized spacial score (nSPS) is 19.7. The largest absolute Gasteiger partial charge is 0.497 e. The van der Waals surface area contributed by atoms with Gasteiger partial charge in [0.15, 0.2) is 9.84 Å². The molecule has 1 aliphatic rings. The van der Waals surface area contributed by atoms with E-state index in [0.29, 0.717) is 19.4 Å². The predicted octanol–water partition coefficient (Wildman–Crippen LogP) is 2.26. The first-order chi connectivity index (χ1) is 10.8. The molecule has 1 saturated heterocycles. The lowest BCUT2D eigenvalue weighted by Crippen LogP contribution is -2.41. The minimum absolute atomic E-state index is 0.0259. The number of hydrogen-bond donors (Lipinski definition) is 0. The number of ether oxygens (including phenoxy) is 1. The molecule has 23 heavy (non-hydrogen) atoms. The van der Waals surface area contributed by atoms with Gasteiger partial charge >= 0.3 is 0 Å². The Kier molecular flexibility index (Phi) is 5.68. The number of carbonyl (C=O) groups is 1. The molecule has 0 radical (unpaired) electrons. The maximum atomic E-state index is 12.6. The highest BCUT2D eigenvalue weighted by molar-refractivity contribution is 7.91. The van der Waals surface area contributed by atoms with Crippen LogP contribution in [0, 0.1) is 5.92 Å². The molecule has 2 rings (SSSR count). The molecule has 1 fully saturated rings. The summed E-state index contributed by atoms with van der Waals surface area (Å²) < 4.78 is 28.7. The van der Waals surface area contributed by atoms with Crippen LogP contribution in [-0.2, 0) is 21.2 Å². The Hall–Kier alpha value is -1.56. The van der Waals surface area contributed by atoms with Crippen molar-refractivity contribution in [1.82, 2.24) is 4.90 Å². The highest BCUT2D eigenvalue weighted by atomic mass is 32.2. The van der Waals surface area contributed by atoms with Gasteiger partial charge in [-0.15, -0.1) is 0 Å². The third-order valence-corrected chi connectivity index (χ3v) is 5.81. The van der Waals surface area contributed by atoms with Crippen LogP contribution in [0.25, 0.3) is 0 Å². The third kappa shape index (κ3) is 4.96. The van der Waals surface area contributed by atoms with Gasteiger partial charge < -0.3 is 9.64 Å². The van der Waals surface area contributed by atoms with E-state index in [0.717, 1.165) is 11.3 Å². The van der Waals surface area contributed by atoms with Gasteiger partial charge in [-0.1, -0.05) is 26.0 Å². The molecule has 1 aromatic rings. The molecule has 0 aromatic heterocycles. The highest BCUT2D eigenvalue weighted by Gasteiger charge is 2.34. The molecule has 1 amide bonds. The van der Waals surface area contributed by atoms with E-state index >= 15 is 0 Å². The van der Waals surface area contributed by atoms with E-state index in [1.807, 2.05) is 38.1 Å². The molecule has 1 aliphatic heterocycles. The Labute approximate surface area is 138 Å². The Morgan fingerprint density at radius 1 is 1.30 bits per heavy atom. The van der Waals surface area contributed by atoms with Crippen LogP contribution in [0.3, 0.4) is 0 Å². The van der Waals surface area contributed by atoms with Gasteiger partial charge in [-0.2, -0.15) is 0 Å². The molecular weight excluding hydrogens is 314 g/mol. The van der Waals surface area contributed by atoms with Crippen molar-refractivity contribution in [2.45, 2.75) is 39.3 Å². The van der Waals surface area contributed by atoms with E-state index in [9.17, 15) is 13.2 Å². The fourth-order valence-electron chi connectivity index (χ4n) is 2.84. The van der Waals surface area contributed by atoms with E-state index in [4.69, 9.17) is 4.74 Å². The second-order valence-corrected chi connectivity index (χ2v) is 8.75. The van der Waals surface area contributed by atoms with Crippen molar-refractivity contribution in [3.05, 3.63) is 29.8 Å². The van der Waals surface area contributed by atoms with Crippen LogP contribution >= 0.6 is 0 Å². The molecular formula is C17H25NO4S. The van der Waals surface area contributed by atoms with Crippen molar-refractivity contribution in [1.29, 1.82) is 0 Å². The Morgan fingerprint density at radius 3 is 2.43 bits per heavy atom. The molecule has 1 atom stereocenters. The molecule has 0 aliphatic carbocycles. The molecule has 0 bridgehead atoms. The molecule has 1 aromatic carbocycles. The molecule has 0 N–H and O–H groups in total. The van der Waals surface area contributed by atoms with Crippen LogP contribution in [0.2, 0.25) is 0 Å². The molecule has 5 nitrogen and oxygen atoms in total.